The fraction of sp³-hybridized carbons (Fsp3) is 0.235. The number of amides is 1. The van der Waals surface area contributed by atoms with E-state index in [9.17, 15) is 4.79 Å². The second-order valence-corrected chi connectivity index (χ2v) is 5.75. The average molecular weight is 303 g/mol. The van der Waals surface area contributed by atoms with Gasteiger partial charge in [0.05, 0.1) is 5.38 Å². The molecule has 1 atom stereocenters. The van der Waals surface area contributed by atoms with Crippen LogP contribution in [0.2, 0.25) is 0 Å². The quantitative estimate of drug-likeness (QED) is 0.854. The lowest BCUT2D eigenvalue weighted by Crippen LogP contribution is -2.14. The summed E-state index contributed by atoms with van der Waals surface area (Å²) in [4.78, 5) is 14.3. The summed E-state index contributed by atoms with van der Waals surface area (Å²) in [5, 5.41) is 2.76. The van der Waals surface area contributed by atoms with Crippen LogP contribution in [0.4, 0.5) is 11.4 Å². The first-order valence-corrected chi connectivity index (χ1v) is 7.24. The van der Waals surface area contributed by atoms with Gasteiger partial charge in [0.15, 0.2) is 0 Å². The monoisotopic (exact) mass is 302 g/mol. The Hall–Kier alpha value is -2.00. The summed E-state index contributed by atoms with van der Waals surface area (Å²) in [5.74, 6) is -0.134. The molecule has 2 rings (SSSR count). The zero-order chi connectivity index (χ0) is 15.4. The van der Waals surface area contributed by atoms with Gasteiger partial charge in [0, 0.05) is 31.0 Å². The highest BCUT2D eigenvalue weighted by molar-refractivity contribution is 6.21. The van der Waals surface area contributed by atoms with Crippen molar-refractivity contribution in [2.75, 3.05) is 24.3 Å². The Morgan fingerprint density at radius 3 is 2.29 bits per heavy atom. The molecule has 0 spiro atoms. The van der Waals surface area contributed by atoms with Gasteiger partial charge >= 0.3 is 0 Å². The summed E-state index contributed by atoms with van der Waals surface area (Å²) in [6.07, 6.45) is 0. The number of nitrogens with one attached hydrogen (secondary N) is 1. The summed E-state index contributed by atoms with van der Waals surface area (Å²) >= 11 is 6.14. The van der Waals surface area contributed by atoms with E-state index in [0.717, 1.165) is 16.9 Å². The van der Waals surface area contributed by atoms with E-state index in [1.807, 2.05) is 74.4 Å². The van der Waals surface area contributed by atoms with E-state index in [0.29, 0.717) is 5.56 Å². The third kappa shape index (κ3) is 3.76. The van der Waals surface area contributed by atoms with Gasteiger partial charge in [-0.1, -0.05) is 18.2 Å². The molecule has 0 heterocycles. The van der Waals surface area contributed by atoms with E-state index < -0.39 is 0 Å². The maximum absolute atomic E-state index is 12.3. The Balaban J connectivity index is 2.18. The number of hydrogen-bond donors (Lipinski definition) is 1. The molecule has 1 unspecified atom stereocenters. The van der Waals surface area contributed by atoms with Crippen LogP contribution in [0.25, 0.3) is 0 Å². The lowest BCUT2D eigenvalue weighted by molar-refractivity contribution is 0.102. The zero-order valence-corrected chi connectivity index (χ0v) is 13.2. The molecule has 0 radical (unpaired) electrons. The molecule has 0 aromatic heterocycles. The minimum Gasteiger partial charge on any atom is -0.378 e. The molecular formula is C17H19ClN2O. The van der Waals surface area contributed by atoms with E-state index in [4.69, 9.17) is 11.6 Å². The van der Waals surface area contributed by atoms with Gasteiger partial charge in [-0.05, 0) is 42.8 Å². The maximum atomic E-state index is 12.3. The van der Waals surface area contributed by atoms with Crippen molar-refractivity contribution in [2.45, 2.75) is 12.3 Å². The molecule has 4 heteroatoms. The number of rotatable bonds is 4. The number of carbonyl (C=O) groups excluding carboxylic acids is 1. The molecule has 1 amide bonds. The van der Waals surface area contributed by atoms with Gasteiger partial charge in [0.2, 0.25) is 0 Å². The first kappa shape index (κ1) is 15.4. The highest BCUT2D eigenvalue weighted by Gasteiger charge is 2.11. The topological polar surface area (TPSA) is 32.3 Å². The Kier molecular flexibility index (Phi) is 4.86. The summed E-state index contributed by atoms with van der Waals surface area (Å²) in [5.41, 5.74) is 3.35. The van der Waals surface area contributed by atoms with E-state index >= 15 is 0 Å². The molecule has 0 bridgehead atoms. The van der Waals surface area contributed by atoms with Crippen LogP contribution in [0.15, 0.2) is 48.5 Å². The van der Waals surface area contributed by atoms with Crippen molar-refractivity contribution in [3.8, 4) is 0 Å². The number of hydrogen-bond acceptors (Lipinski definition) is 2. The molecule has 1 N–H and O–H groups in total. The van der Waals surface area contributed by atoms with Gasteiger partial charge in [-0.25, -0.2) is 0 Å². The lowest BCUT2D eigenvalue weighted by atomic mass is 10.1. The number of benzene rings is 2. The van der Waals surface area contributed by atoms with Crippen molar-refractivity contribution >= 4 is 28.9 Å². The summed E-state index contributed by atoms with van der Waals surface area (Å²) in [7, 11) is 3.93. The summed E-state index contributed by atoms with van der Waals surface area (Å²) in [6, 6.07) is 15.1. The standard InChI is InChI=1S/C17H19ClN2O/c1-12(18)15-6-4-5-7-16(15)19-17(21)13-8-10-14(11-9-13)20(2)3/h4-12H,1-3H3,(H,19,21). The van der Waals surface area contributed by atoms with Crippen molar-refractivity contribution in [3.05, 3.63) is 59.7 Å². The fourth-order valence-corrected chi connectivity index (χ4v) is 2.25. The largest absolute Gasteiger partial charge is 0.378 e. The Morgan fingerprint density at radius 2 is 1.71 bits per heavy atom. The average Bonchev–Trinajstić information content (AvgIpc) is 2.47. The second kappa shape index (κ2) is 6.64. The van der Waals surface area contributed by atoms with Gasteiger partial charge in [-0.15, -0.1) is 11.6 Å². The molecule has 0 saturated heterocycles. The molecule has 2 aromatic rings. The molecule has 0 fully saturated rings. The highest BCUT2D eigenvalue weighted by atomic mass is 35.5. The maximum Gasteiger partial charge on any atom is 0.255 e. The molecule has 21 heavy (non-hydrogen) atoms. The van der Waals surface area contributed by atoms with Crippen molar-refractivity contribution < 1.29 is 4.79 Å². The van der Waals surface area contributed by atoms with Crippen molar-refractivity contribution in [1.29, 1.82) is 0 Å². The van der Waals surface area contributed by atoms with Crippen molar-refractivity contribution in [1.82, 2.24) is 0 Å². The zero-order valence-electron chi connectivity index (χ0n) is 12.4. The molecule has 0 aliphatic heterocycles. The third-order valence-corrected chi connectivity index (χ3v) is 3.52. The van der Waals surface area contributed by atoms with E-state index in [-0.39, 0.29) is 11.3 Å². The fourth-order valence-electron chi connectivity index (χ4n) is 2.06. The van der Waals surface area contributed by atoms with Crippen LogP contribution in [0.3, 0.4) is 0 Å². The van der Waals surface area contributed by atoms with Gasteiger partial charge in [0.25, 0.3) is 5.91 Å². The molecule has 3 nitrogen and oxygen atoms in total. The number of carbonyl (C=O) groups is 1. The predicted molar refractivity (Wildman–Crippen MR) is 89.4 cm³/mol. The number of para-hydroxylation sites is 1. The molecule has 0 aliphatic carbocycles. The SMILES string of the molecule is CC(Cl)c1ccccc1NC(=O)c1ccc(N(C)C)cc1. The van der Waals surface area contributed by atoms with Gasteiger partial charge < -0.3 is 10.2 Å². The number of anilines is 2. The number of halogens is 1. The first-order chi connectivity index (χ1) is 9.99. The summed E-state index contributed by atoms with van der Waals surface area (Å²) in [6.45, 7) is 1.89. The minimum absolute atomic E-state index is 0.134. The van der Waals surface area contributed by atoms with E-state index in [1.165, 1.54) is 0 Å². The molecule has 0 aliphatic rings. The van der Waals surface area contributed by atoms with E-state index in [1.54, 1.807) is 0 Å². The van der Waals surface area contributed by atoms with Crippen LogP contribution in [0, 0.1) is 0 Å². The third-order valence-electron chi connectivity index (χ3n) is 3.28. The normalized spacial score (nSPS) is 11.8. The molecule has 110 valence electrons. The smallest absolute Gasteiger partial charge is 0.255 e. The second-order valence-electron chi connectivity index (χ2n) is 5.10. The van der Waals surface area contributed by atoms with Crippen LogP contribution in [0.1, 0.15) is 28.2 Å². The Labute approximate surface area is 130 Å². The van der Waals surface area contributed by atoms with Crippen LogP contribution in [0.5, 0.6) is 0 Å². The first-order valence-electron chi connectivity index (χ1n) is 6.81. The van der Waals surface area contributed by atoms with Gasteiger partial charge in [-0.3, -0.25) is 4.79 Å². The molecule has 2 aromatic carbocycles. The Morgan fingerprint density at radius 1 is 1.10 bits per heavy atom. The number of alkyl halides is 1. The van der Waals surface area contributed by atoms with Crippen LogP contribution < -0.4 is 10.2 Å². The van der Waals surface area contributed by atoms with Gasteiger partial charge in [-0.2, -0.15) is 0 Å². The summed E-state index contributed by atoms with van der Waals surface area (Å²) < 4.78 is 0. The van der Waals surface area contributed by atoms with Crippen molar-refractivity contribution in [2.24, 2.45) is 0 Å². The van der Waals surface area contributed by atoms with Crippen LogP contribution in [-0.2, 0) is 0 Å². The minimum atomic E-state index is -0.155. The Bertz CT molecular complexity index is 621. The highest BCUT2D eigenvalue weighted by Crippen LogP contribution is 2.27. The van der Waals surface area contributed by atoms with E-state index in [2.05, 4.69) is 5.32 Å². The van der Waals surface area contributed by atoms with Crippen LogP contribution >= 0.6 is 11.6 Å². The number of nitrogens with zero attached hydrogens (tertiary/aromatic N) is 1. The predicted octanol–water partition coefficient (Wildman–Crippen LogP) is 4.30. The van der Waals surface area contributed by atoms with Crippen molar-refractivity contribution in [3.63, 3.8) is 0 Å². The lowest BCUT2D eigenvalue weighted by Gasteiger charge is -2.14. The molecule has 0 saturated carbocycles. The van der Waals surface area contributed by atoms with Crippen LogP contribution in [-0.4, -0.2) is 20.0 Å². The molecular weight excluding hydrogens is 284 g/mol. The van der Waals surface area contributed by atoms with Gasteiger partial charge in [0.1, 0.15) is 0 Å².